The first-order valence-corrected chi connectivity index (χ1v) is 6.72. The van der Waals surface area contributed by atoms with Crippen molar-refractivity contribution in [2.24, 2.45) is 0 Å². The van der Waals surface area contributed by atoms with Gasteiger partial charge in [0.05, 0.1) is 0 Å². The molecule has 2 aromatic rings. The van der Waals surface area contributed by atoms with Gasteiger partial charge in [-0.05, 0) is 18.6 Å². The van der Waals surface area contributed by atoms with Crippen LogP contribution in [-0.4, -0.2) is 16.7 Å². The van der Waals surface area contributed by atoms with E-state index >= 15 is 0 Å². The van der Waals surface area contributed by atoms with Gasteiger partial charge in [0.1, 0.15) is 6.10 Å². The molecule has 0 heterocycles. The predicted molar refractivity (Wildman–Crippen MR) is 79.3 cm³/mol. The molecule has 1 aliphatic carbocycles. The van der Waals surface area contributed by atoms with E-state index in [1.54, 1.807) is 36.4 Å². The SMILES string of the molecule is Cc1ccc([C@H](O)C2=CC(=O)c3ccccc3C2=O)cc1. The molecule has 0 aromatic heterocycles. The van der Waals surface area contributed by atoms with E-state index in [9.17, 15) is 14.7 Å². The molecule has 1 atom stereocenters. The van der Waals surface area contributed by atoms with Crippen LogP contribution in [0, 0.1) is 6.92 Å². The second-order valence-electron chi connectivity index (χ2n) is 5.15. The van der Waals surface area contributed by atoms with Crippen molar-refractivity contribution >= 4 is 11.6 Å². The number of aryl methyl sites for hydroxylation is 1. The lowest BCUT2D eigenvalue weighted by Gasteiger charge is -2.19. The van der Waals surface area contributed by atoms with Gasteiger partial charge in [0.25, 0.3) is 0 Å². The van der Waals surface area contributed by atoms with E-state index in [1.165, 1.54) is 6.08 Å². The smallest absolute Gasteiger partial charge is 0.192 e. The number of rotatable bonds is 2. The van der Waals surface area contributed by atoms with Gasteiger partial charge in [-0.2, -0.15) is 0 Å². The lowest BCUT2D eigenvalue weighted by molar-refractivity contribution is 0.0947. The first-order chi connectivity index (χ1) is 10.1. The van der Waals surface area contributed by atoms with Crippen LogP contribution in [0.2, 0.25) is 0 Å². The largest absolute Gasteiger partial charge is 0.384 e. The fourth-order valence-corrected chi connectivity index (χ4v) is 2.47. The van der Waals surface area contributed by atoms with Gasteiger partial charge in [0, 0.05) is 16.7 Å². The molecule has 0 aliphatic heterocycles. The summed E-state index contributed by atoms with van der Waals surface area (Å²) < 4.78 is 0. The lowest BCUT2D eigenvalue weighted by atomic mass is 9.85. The number of hydrogen-bond acceptors (Lipinski definition) is 3. The Bertz CT molecular complexity index is 754. The molecule has 21 heavy (non-hydrogen) atoms. The first kappa shape index (κ1) is 13.5. The number of aliphatic hydroxyl groups is 1. The van der Waals surface area contributed by atoms with Crippen LogP contribution < -0.4 is 0 Å². The van der Waals surface area contributed by atoms with Gasteiger partial charge in [0.15, 0.2) is 11.6 Å². The Morgan fingerprint density at radius 2 is 1.52 bits per heavy atom. The van der Waals surface area contributed by atoms with Crippen molar-refractivity contribution in [3.05, 3.63) is 82.4 Å². The van der Waals surface area contributed by atoms with Crippen LogP contribution in [0.15, 0.2) is 60.2 Å². The third-order valence-electron chi connectivity index (χ3n) is 3.67. The highest BCUT2D eigenvalue weighted by atomic mass is 16.3. The minimum absolute atomic E-state index is 0.127. The van der Waals surface area contributed by atoms with Crippen molar-refractivity contribution in [3.8, 4) is 0 Å². The van der Waals surface area contributed by atoms with Crippen LogP contribution in [0.5, 0.6) is 0 Å². The van der Waals surface area contributed by atoms with E-state index in [0.29, 0.717) is 16.7 Å². The van der Waals surface area contributed by atoms with Crippen LogP contribution in [0.25, 0.3) is 0 Å². The molecule has 104 valence electrons. The third-order valence-corrected chi connectivity index (χ3v) is 3.67. The minimum Gasteiger partial charge on any atom is -0.384 e. The van der Waals surface area contributed by atoms with E-state index in [2.05, 4.69) is 0 Å². The second-order valence-corrected chi connectivity index (χ2v) is 5.15. The zero-order valence-corrected chi connectivity index (χ0v) is 11.5. The molecule has 0 spiro atoms. The molecule has 1 N–H and O–H groups in total. The van der Waals surface area contributed by atoms with Gasteiger partial charge in [-0.3, -0.25) is 9.59 Å². The zero-order valence-electron chi connectivity index (χ0n) is 11.5. The Hall–Kier alpha value is -2.52. The maximum absolute atomic E-state index is 12.5. The van der Waals surface area contributed by atoms with Gasteiger partial charge in [-0.15, -0.1) is 0 Å². The molecular weight excluding hydrogens is 264 g/mol. The molecule has 2 aromatic carbocycles. The Labute approximate surface area is 122 Å². The molecule has 0 radical (unpaired) electrons. The number of carbonyl (C=O) groups is 2. The molecule has 0 amide bonds. The molecule has 3 nitrogen and oxygen atoms in total. The highest BCUT2D eigenvalue weighted by Crippen LogP contribution is 2.30. The number of aliphatic hydroxyl groups excluding tert-OH is 1. The fourth-order valence-electron chi connectivity index (χ4n) is 2.47. The van der Waals surface area contributed by atoms with Crippen molar-refractivity contribution in [3.63, 3.8) is 0 Å². The molecule has 3 heteroatoms. The summed E-state index contributed by atoms with van der Waals surface area (Å²) in [6, 6.07) is 13.9. The van der Waals surface area contributed by atoms with Gasteiger partial charge < -0.3 is 5.11 Å². The van der Waals surface area contributed by atoms with Crippen molar-refractivity contribution in [1.82, 2.24) is 0 Å². The topological polar surface area (TPSA) is 54.4 Å². The number of allylic oxidation sites excluding steroid dienone is 1. The second kappa shape index (κ2) is 5.11. The Kier molecular flexibility index (Phi) is 3.28. The summed E-state index contributed by atoms with van der Waals surface area (Å²) >= 11 is 0. The first-order valence-electron chi connectivity index (χ1n) is 6.72. The molecule has 0 bridgehead atoms. The summed E-state index contributed by atoms with van der Waals surface area (Å²) in [4.78, 5) is 24.6. The summed E-state index contributed by atoms with van der Waals surface area (Å²) in [6.45, 7) is 1.95. The number of carbonyl (C=O) groups excluding carboxylic acids is 2. The monoisotopic (exact) mass is 278 g/mol. The van der Waals surface area contributed by atoms with Gasteiger partial charge in [0.2, 0.25) is 0 Å². The maximum atomic E-state index is 12.5. The summed E-state index contributed by atoms with van der Waals surface area (Å²) in [5.74, 6) is -0.537. The van der Waals surface area contributed by atoms with Crippen molar-refractivity contribution < 1.29 is 14.7 Å². The van der Waals surface area contributed by atoms with E-state index in [-0.39, 0.29) is 17.1 Å². The van der Waals surface area contributed by atoms with Crippen molar-refractivity contribution in [2.45, 2.75) is 13.0 Å². The summed E-state index contributed by atoms with van der Waals surface area (Å²) in [5.41, 5.74) is 2.54. The van der Waals surface area contributed by atoms with Gasteiger partial charge >= 0.3 is 0 Å². The molecule has 0 saturated carbocycles. The van der Waals surface area contributed by atoms with Gasteiger partial charge in [-0.25, -0.2) is 0 Å². The molecule has 1 aliphatic rings. The van der Waals surface area contributed by atoms with Gasteiger partial charge in [-0.1, -0.05) is 54.1 Å². The van der Waals surface area contributed by atoms with E-state index < -0.39 is 6.10 Å². The van der Waals surface area contributed by atoms with E-state index in [4.69, 9.17) is 0 Å². The fraction of sp³-hybridized carbons (Fsp3) is 0.111. The summed E-state index contributed by atoms with van der Waals surface area (Å²) in [6.07, 6.45) is 0.158. The number of ketones is 2. The van der Waals surface area contributed by atoms with Crippen molar-refractivity contribution in [1.29, 1.82) is 0 Å². The quantitative estimate of drug-likeness (QED) is 0.918. The van der Waals surface area contributed by atoms with Crippen LogP contribution in [0.3, 0.4) is 0 Å². The Balaban J connectivity index is 2.02. The highest BCUT2D eigenvalue weighted by molar-refractivity contribution is 6.24. The van der Waals surface area contributed by atoms with Crippen LogP contribution in [-0.2, 0) is 0 Å². The average molecular weight is 278 g/mol. The Morgan fingerprint density at radius 1 is 0.905 bits per heavy atom. The van der Waals surface area contributed by atoms with Crippen molar-refractivity contribution in [2.75, 3.05) is 0 Å². The van der Waals surface area contributed by atoms with Crippen LogP contribution in [0.4, 0.5) is 0 Å². The molecule has 0 unspecified atom stereocenters. The summed E-state index contributed by atoms with van der Waals surface area (Å²) in [5, 5.41) is 10.4. The van der Waals surface area contributed by atoms with E-state index in [0.717, 1.165) is 5.56 Å². The third kappa shape index (κ3) is 2.32. The standard InChI is InChI=1S/C18H14O3/c1-11-6-8-12(9-7-11)17(20)15-10-16(19)13-4-2-3-5-14(13)18(15)21/h2-10,17,20H,1H3/t17-/m0/s1. The zero-order chi connectivity index (χ0) is 15.0. The normalized spacial score (nSPS) is 15.4. The summed E-state index contributed by atoms with van der Waals surface area (Å²) in [7, 11) is 0. The molecular formula is C18H14O3. The maximum Gasteiger partial charge on any atom is 0.192 e. The minimum atomic E-state index is -1.09. The van der Waals surface area contributed by atoms with Crippen LogP contribution in [0.1, 0.15) is 37.9 Å². The van der Waals surface area contributed by atoms with Crippen LogP contribution >= 0.6 is 0 Å². The average Bonchev–Trinajstić information content (AvgIpc) is 2.51. The van der Waals surface area contributed by atoms with E-state index in [1.807, 2.05) is 19.1 Å². The number of hydrogen-bond donors (Lipinski definition) is 1. The lowest BCUT2D eigenvalue weighted by Crippen LogP contribution is -2.21. The number of Topliss-reactive ketones (excluding diaryl/α,β-unsaturated/α-hetero) is 1. The number of fused-ring (bicyclic) bond motifs is 1. The molecule has 0 saturated heterocycles. The highest BCUT2D eigenvalue weighted by Gasteiger charge is 2.29. The predicted octanol–water partition coefficient (Wildman–Crippen LogP) is 3.03. The molecule has 3 rings (SSSR count). The Morgan fingerprint density at radius 3 is 2.19 bits per heavy atom. The molecule has 0 fully saturated rings. The number of benzene rings is 2.